The Morgan fingerprint density at radius 3 is 0.893 bits per heavy atom. The van der Waals surface area contributed by atoms with Crippen molar-refractivity contribution < 1.29 is 111 Å². The van der Waals surface area contributed by atoms with Gasteiger partial charge in [-0.1, -0.05) is 135 Å². The van der Waals surface area contributed by atoms with E-state index in [0.29, 0.717) is 39.2 Å². The molecule has 2 saturated carbocycles. The highest BCUT2D eigenvalue weighted by atomic mass is 32.2. The fraction of sp³-hybridized carbons (Fsp3) is 0.157. The number of nitrogens with zero attached hydrogens (tertiary/aromatic N) is 6. The molecule has 0 radical (unpaired) electrons. The van der Waals surface area contributed by atoms with E-state index in [9.17, 15) is 121 Å². The quantitative estimate of drug-likeness (QED) is 0.0515. The van der Waals surface area contributed by atoms with Gasteiger partial charge < -0.3 is 10.6 Å². The average Bonchev–Trinajstić information content (AvgIpc) is 1.54. The number of non-ortho nitro benzene ring substituents is 2. The second-order valence-corrected chi connectivity index (χ2v) is 41.5. The summed E-state index contributed by atoms with van der Waals surface area (Å²) in [6.07, 6.45) is 10.0. The largest absolute Gasteiger partial charge is 0.326 e. The van der Waals surface area contributed by atoms with Crippen LogP contribution in [0.1, 0.15) is 142 Å². The summed E-state index contributed by atoms with van der Waals surface area (Å²) in [5, 5.41) is 27.2. The Labute approximate surface area is 797 Å². The molecule has 0 aliphatic heterocycles. The number of carbonyl (C=O) groups excluding carboxylic acids is 14. The van der Waals surface area contributed by atoms with E-state index in [4.69, 9.17) is 0 Å². The Hall–Kier alpha value is -16.6. The van der Waals surface area contributed by atoms with E-state index in [-0.39, 0.29) is 194 Å². The van der Waals surface area contributed by atoms with Crippen LogP contribution in [0, 0.1) is 43.9 Å². The van der Waals surface area contributed by atoms with Gasteiger partial charge in [-0.2, -0.15) is 0 Å². The number of amides is 2. The molecule has 0 saturated heterocycles. The number of carbonyl (C=O) groups is 14. The van der Waals surface area contributed by atoms with Crippen LogP contribution in [0.25, 0.3) is 55.7 Å². The molecule has 8 aliphatic rings. The normalized spacial score (nSPS) is 18.6. The number of ketones is 12. The summed E-state index contributed by atoms with van der Waals surface area (Å²) in [5.74, 6) is -11.2. The SMILES string of the molecule is CC(=O)Nc1ccc(S(=O)(=O)n2cc(-c3ccccc3)c3c2C2=C(C=CC(=O)C2)C(=O)C3=O)cc1.CC(=O)Nc1ccc(S(=O)(=O)n2cc(-c3ccccc3)c3c2C2CC(=O)CC(C)C2C(=O)C3=O)cc1.CC1CC(=O)CC2c3c(c(-c4ccccc4)cn3S(=O)(=O)c3ccc([N+](=O)[O-])cc3)C(=O)C(=O)C12.O=C1C=CC2=C(C1)c1c(c(-c3ccccc3)cn1S(=O)(=O)c1ccc([N+](=O)[O-])cc1)C(=O)C2=O. The first-order chi connectivity index (χ1) is 66.6. The maximum atomic E-state index is 13.9. The summed E-state index contributed by atoms with van der Waals surface area (Å²) in [6.45, 7) is 6.17. The van der Waals surface area contributed by atoms with Crippen molar-refractivity contribution in [3.05, 3.63) is 344 Å². The van der Waals surface area contributed by atoms with Crippen LogP contribution < -0.4 is 10.6 Å². The smallest absolute Gasteiger partial charge is 0.269 e. The number of aromatic nitrogens is 4. The van der Waals surface area contributed by atoms with Crippen molar-refractivity contribution >= 4 is 155 Å². The van der Waals surface area contributed by atoms with Gasteiger partial charge in [0.1, 0.15) is 11.6 Å². The predicted octanol–water partition coefficient (Wildman–Crippen LogP) is 14.3. The van der Waals surface area contributed by atoms with Gasteiger partial charge in [-0.05, 0) is 142 Å². The van der Waals surface area contributed by atoms with Crippen LogP contribution in [0.15, 0.2) is 298 Å². The fourth-order valence-corrected chi connectivity index (χ4v) is 24.9. The van der Waals surface area contributed by atoms with Crippen molar-refractivity contribution in [1.29, 1.82) is 0 Å². The molecule has 0 spiro atoms. The second-order valence-electron chi connectivity index (χ2n) is 34.3. The van der Waals surface area contributed by atoms with Crippen LogP contribution in [-0.2, 0) is 88.0 Å². The van der Waals surface area contributed by atoms with Crippen molar-refractivity contribution in [3.63, 3.8) is 0 Å². The summed E-state index contributed by atoms with van der Waals surface area (Å²) in [5.41, 5.74) is 4.22. The van der Waals surface area contributed by atoms with Crippen LogP contribution in [0.5, 0.6) is 0 Å². The molecule has 0 bridgehead atoms. The van der Waals surface area contributed by atoms with Crippen molar-refractivity contribution in [2.75, 3.05) is 10.6 Å². The van der Waals surface area contributed by atoms with E-state index in [0.717, 1.165) is 64.4 Å². The van der Waals surface area contributed by atoms with Crippen molar-refractivity contribution in [2.45, 2.75) is 97.6 Å². The lowest BCUT2D eigenvalue weighted by molar-refractivity contribution is -0.385. The maximum Gasteiger partial charge on any atom is 0.269 e. The van der Waals surface area contributed by atoms with Gasteiger partial charge >= 0.3 is 0 Å². The molecule has 2 amide bonds. The number of nitrogens with one attached hydrogen (secondary N) is 2. The van der Waals surface area contributed by atoms with Crippen LogP contribution in [-0.4, -0.2) is 141 Å². The molecule has 12 aromatic rings. The summed E-state index contributed by atoms with van der Waals surface area (Å²) < 4.78 is 114. The number of hydrogen-bond acceptors (Lipinski definition) is 26. The van der Waals surface area contributed by atoms with E-state index in [1.807, 2.05) is 0 Å². The van der Waals surface area contributed by atoms with Crippen molar-refractivity contribution in [3.8, 4) is 44.5 Å². The number of allylic oxidation sites excluding steroid dienone is 8. The van der Waals surface area contributed by atoms with Crippen LogP contribution in [0.2, 0.25) is 0 Å². The first-order valence-corrected chi connectivity index (χ1v) is 49.1. The Balaban J connectivity index is 0.000000129. The second kappa shape index (κ2) is 36.8. The molecule has 4 heterocycles. The molecular formula is C102H76N8O26S4. The minimum absolute atomic E-state index is 0.00371. The molecule has 704 valence electrons. The predicted molar refractivity (Wildman–Crippen MR) is 505 cm³/mol. The zero-order valence-electron chi connectivity index (χ0n) is 74.0. The van der Waals surface area contributed by atoms with E-state index in [2.05, 4.69) is 10.6 Å². The summed E-state index contributed by atoms with van der Waals surface area (Å²) in [6, 6.07) is 54.7. The van der Waals surface area contributed by atoms with Gasteiger partial charge in [-0.3, -0.25) is 87.4 Å². The summed E-state index contributed by atoms with van der Waals surface area (Å²) in [4.78, 5) is 198. The molecule has 8 aromatic carbocycles. The third-order valence-electron chi connectivity index (χ3n) is 25.4. The maximum absolute atomic E-state index is 13.9. The number of nitro groups is 2. The van der Waals surface area contributed by atoms with Gasteiger partial charge in [0.15, 0.2) is 11.6 Å². The molecule has 8 aliphatic carbocycles. The van der Waals surface area contributed by atoms with Gasteiger partial charge in [-0.25, -0.2) is 49.6 Å². The number of rotatable bonds is 16. The number of anilines is 2. The number of hydrogen-bond donors (Lipinski definition) is 2. The zero-order chi connectivity index (χ0) is 99.9. The average molecular weight is 1960 g/mol. The lowest BCUT2D eigenvalue weighted by atomic mass is 9.64. The molecule has 2 N–H and O–H groups in total. The summed E-state index contributed by atoms with van der Waals surface area (Å²) >= 11 is 0. The van der Waals surface area contributed by atoms with Gasteiger partial charge in [0.2, 0.25) is 58.1 Å². The Morgan fingerprint density at radius 2 is 0.607 bits per heavy atom. The highest BCUT2D eigenvalue weighted by Crippen LogP contribution is 2.53. The molecule has 38 heteroatoms. The van der Waals surface area contributed by atoms with Gasteiger partial charge in [0, 0.05) is 170 Å². The Kier molecular flexibility index (Phi) is 25.0. The van der Waals surface area contributed by atoms with E-state index in [1.165, 1.54) is 111 Å². The third-order valence-corrected chi connectivity index (χ3v) is 32.1. The zero-order valence-corrected chi connectivity index (χ0v) is 77.3. The van der Waals surface area contributed by atoms with Crippen molar-refractivity contribution in [2.24, 2.45) is 23.7 Å². The van der Waals surface area contributed by atoms with Gasteiger partial charge in [-0.15, -0.1) is 0 Å². The van der Waals surface area contributed by atoms with Gasteiger partial charge in [0.05, 0.1) is 74.5 Å². The lowest BCUT2D eigenvalue weighted by Crippen LogP contribution is -2.44. The topological polar surface area (TPSA) is 506 Å². The van der Waals surface area contributed by atoms with E-state index >= 15 is 0 Å². The summed E-state index contributed by atoms with van der Waals surface area (Å²) in [7, 11) is -17.1. The molecule has 2 fully saturated rings. The monoisotopic (exact) mass is 1960 g/mol. The minimum Gasteiger partial charge on any atom is -0.326 e. The molecule has 34 nitrogen and oxygen atoms in total. The first kappa shape index (κ1) is 95.2. The van der Waals surface area contributed by atoms with Gasteiger partial charge in [0.25, 0.3) is 51.5 Å². The Bertz CT molecular complexity index is 8130. The molecular weight excluding hydrogens is 1880 g/mol. The first-order valence-electron chi connectivity index (χ1n) is 43.4. The highest BCUT2D eigenvalue weighted by molar-refractivity contribution is 7.91. The number of fused-ring (bicyclic) bond motifs is 10. The number of Topliss-reactive ketones (excluding diaryl/α,β-unsaturated/α-hetero) is 10. The van der Waals surface area contributed by atoms with E-state index < -0.39 is 126 Å². The van der Waals surface area contributed by atoms with Crippen molar-refractivity contribution in [1.82, 2.24) is 15.9 Å². The van der Waals surface area contributed by atoms with Crippen LogP contribution in [0.4, 0.5) is 22.7 Å². The molecule has 4 aromatic heterocycles. The third kappa shape index (κ3) is 17.0. The lowest BCUT2D eigenvalue weighted by Gasteiger charge is -2.38. The fourth-order valence-electron chi connectivity index (χ4n) is 19.2. The molecule has 20 rings (SSSR count). The highest BCUT2D eigenvalue weighted by Gasteiger charge is 2.54. The van der Waals surface area contributed by atoms with Crippen LogP contribution in [0.3, 0.4) is 0 Å². The number of benzene rings is 8. The number of nitro benzene ring substituents is 2. The molecule has 6 atom stereocenters. The standard InChI is InChI=1S/C27H24N2O6S.C26H18N2O6S.C25H20N2O7S.C24H14N2O7S/c1-15-12-19(31)13-21-23(15)26(32)27(33)24-22(17-6-4-3-5-7-17)14-29(25(21)24)36(34,35)20-10-8-18(9-11-20)28-16(2)30;1-15(29)27-17-7-10-19(11-8-17)35(33,34)28-14-22(16-5-3-2-4-6-16)23-24(28)21-13-18(30)9-12-20(21)25(31)26(23)32;1-14-11-17(28)12-19-21(14)24(29)25(30)22-20(15-5-3-2-4-6-15)13-26(23(19)22)35(33,34)18-9-7-16(8-10-18)27(31)32;27-16-8-11-18-19(12-16)22-21(24(29)23(18)28)20(14-4-2-1-3-5-14)13-25(22)34(32,33)17-9-6-15(7-10-17)26(30)31/h3-11,14-15,21,23H,12-13H2,1-2H3,(H,28,30);2-12,14H,13H2,1H3,(H,27,29);2-10,13-14,19,21H,11-12H2,1H3;1-11,13H,12H2. The molecule has 6 unspecified atom stereocenters. The Morgan fingerprint density at radius 1 is 0.336 bits per heavy atom. The minimum atomic E-state index is -4.36. The van der Waals surface area contributed by atoms with Crippen LogP contribution >= 0.6 is 0 Å². The van der Waals surface area contributed by atoms with E-state index in [1.54, 1.807) is 135 Å². The molecule has 140 heavy (non-hydrogen) atoms.